The van der Waals surface area contributed by atoms with Gasteiger partial charge in [-0.05, 0) is 52.3 Å². The van der Waals surface area contributed by atoms with Gasteiger partial charge in [0.05, 0.1) is 18.7 Å². The second kappa shape index (κ2) is 9.09. The van der Waals surface area contributed by atoms with E-state index in [0.717, 1.165) is 10.2 Å². The number of benzene rings is 2. The number of ether oxygens (including phenoxy) is 1. The van der Waals surface area contributed by atoms with Gasteiger partial charge in [0.15, 0.2) is 0 Å². The molecule has 2 aromatic carbocycles. The van der Waals surface area contributed by atoms with Gasteiger partial charge in [-0.1, -0.05) is 12.1 Å². The van der Waals surface area contributed by atoms with E-state index >= 15 is 0 Å². The Morgan fingerprint density at radius 3 is 2.26 bits per heavy atom. The summed E-state index contributed by atoms with van der Waals surface area (Å²) in [5, 5.41) is 0. The Balaban J connectivity index is 1.34. The maximum absolute atomic E-state index is 13.0. The highest BCUT2D eigenvalue weighted by molar-refractivity contribution is 9.10. The summed E-state index contributed by atoms with van der Waals surface area (Å²) in [7, 11) is 1.59. The Hall–Kier alpha value is -2.87. The first-order valence-corrected chi connectivity index (χ1v) is 11.0. The summed E-state index contributed by atoms with van der Waals surface area (Å²) in [6.07, 6.45) is 0.213. The number of anilines is 1. The van der Waals surface area contributed by atoms with Crippen LogP contribution in [0, 0.1) is 5.92 Å². The molecule has 0 aromatic heterocycles. The van der Waals surface area contributed by atoms with Gasteiger partial charge in [-0.2, -0.15) is 0 Å². The number of hydrogen-bond acceptors (Lipinski definition) is 4. The monoisotopic (exact) mass is 485 g/mol. The van der Waals surface area contributed by atoms with E-state index in [1.165, 1.54) is 0 Å². The van der Waals surface area contributed by atoms with Crippen LogP contribution in [0.3, 0.4) is 0 Å². The zero-order chi connectivity index (χ0) is 22.0. The molecule has 2 heterocycles. The Labute approximate surface area is 189 Å². The second-order valence-electron chi connectivity index (χ2n) is 7.70. The minimum Gasteiger partial charge on any atom is -0.497 e. The molecule has 2 aliphatic heterocycles. The summed E-state index contributed by atoms with van der Waals surface area (Å²) >= 11 is 3.48. The first kappa shape index (κ1) is 21.4. The Morgan fingerprint density at radius 2 is 1.61 bits per heavy atom. The fourth-order valence-corrected chi connectivity index (χ4v) is 4.58. The first-order valence-electron chi connectivity index (χ1n) is 10.2. The van der Waals surface area contributed by atoms with Gasteiger partial charge in [0, 0.05) is 49.2 Å². The molecule has 0 N–H and O–H groups in total. The number of nitrogens with zero attached hydrogens (tertiary/aromatic N) is 3. The van der Waals surface area contributed by atoms with Crippen molar-refractivity contribution in [1.82, 2.24) is 9.80 Å². The van der Waals surface area contributed by atoms with Crippen molar-refractivity contribution < 1.29 is 19.1 Å². The van der Waals surface area contributed by atoms with Crippen LogP contribution in [-0.4, -0.2) is 67.4 Å². The van der Waals surface area contributed by atoms with Gasteiger partial charge in [0.25, 0.3) is 5.91 Å². The molecule has 2 fully saturated rings. The zero-order valence-electron chi connectivity index (χ0n) is 17.3. The Morgan fingerprint density at radius 1 is 0.968 bits per heavy atom. The van der Waals surface area contributed by atoms with E-state index in [1.54, 1.807) is 46.1 Å². The molecule has 31 heavy (non-hydrogen) atoms. The lowest BCUT2D eigenvalue weighted by atomic mass is 10.1. The lowest BCUT2D eigenvalue weighted by Crippen LogP contribution is -2.52. The molecule has 0 aliphatic carbocycles. The van der Waals surface area contributed by atoms with Gasteiger partial charge < -0.3 is 19.4 Å². The molecule has 2 aromatic rings. The molecule has 1 atom stereocenters. The number of para-hydroxylation sites is 1. The van der Waals surface area contributed by atoms with E-state index in [4.69, 9.17) is 4.74 Å². The molecule has 0 spiro atoms. The number of carbonyl (C=O) groups is 3. The molecule has 2 aliphatic rings. The minimum atomic E-state index is -0.358. The number of piperazine rings is 1. The van der Waals surface area contributed by atoms with E-state index in [-0.39, 0.29) is 30.1 Å². The topological polar surface area (TPSA) is 70.2 Å². The number of carbonyl (C=O) groups excluding carboxylic acids is 3. The van der Waals surface area contributed by atoms with Crippen LogP contribution in [0.25, 0.3) is 0 Å². The molecular formula is C23H24BrN3O4. The number of rotatable bonds is 4. The van der Waals surface area contributed by atoms with Gasteiger partial charge in [0.2, 0.25) is 11.8 Å². The molecule has 0 saturated carbocycles. The lowest BCUT2D eigenvalue weighted by molar-refractivity contribution is -0.137. The smallest absolute Gasteiger partial charge is 0.253 e. The highest BCUT2D eigenvalue weighted by atomic mass is 79.9. The molecule has 7 nitrogen and oxygen atoms in total. The van der Waals surface area contributed by atoms with Gasteiger partial charge in [-0.3, -0.25) is 14.4 Å². The summed E-state index contributed by atoms with van der Waals surface area (Å²) in [5.74, 6) is 0.238. The average Bonchev–Trinajstić information content (AvgIpc) is 3.20. The largest absolute Gasteiger partial charge is 0.497 e. The lowest BCUT2D eigenvalue weighted by Gasteiger charge is -2.36. The van der Waals surface area contributed by atoms with Crippen molar-refractivity contribution in [2.75, 3.05) is 44.7 Å². The van der Waals surface area contributed by atoms with Crippen LogP contribution in [0.15, 0.2) is 53.0 Å². The van der Waals surface area contributed by atoms with Crippen molar-refractivity contribution in [1.29, 1.82) is 0 Å². The molecular weight excluding hydrogens is 462 g/mol. The predicted molar refractivity (Wildman–Crippen MR) is 120 cm³/mol. The average molecular weight is 486 g/mol. The third kappa shape index (κ3) is 4.44. The van der Waals surface area contributed by atoms with Crippen LogP contribution in [0.5, 0.6) is 5.75 Å². The maximum Gasteiger partial charge on any atom is 0.253 e. The number of amides is 3. The maximum atomic E-state index is 13.0. The quantitative estimate of drug-likeness (QED) is 0.667. The van der Waals surface area contributed by atoms with Crippen molar-refractivity contribution in [3.63, 3.8) is 0 Å². The van der Waals surface area contributed by atoms with Crippen LogP contribution in [0.1, 0.15) is 16.8 Å². The molecule has 0 radical (unpaired) electrons. The minimum absolute atomic E-state index is 0.0144. The van der Waals surface area contributed by atoms with Gasteiger partial charge in [-0.15, -0.1) is 0 Å². The predicted octanol–water partition coefficient (Wildman–Crippen LogP) is 2.80. The molecule has 2 saturated heterocycles. The molecule has 162 valence electrons. The van der Waals surface area contributed by atoms with Crippen LogP contribution >= 0.6 is 15.9 Å². The van der Waals surface area contributed by atoms with Gasteiger partial charge in [-0.25, -0.2) is 0 Å². The van der Waals surface area contributed by atoms with Crippen LogP contribution in [-0.2, 0) is 9.59 Å². The Kier molecular flexibility index (Phi) is 6.27. The third-order valence-electron chi connectivity index (χ3n) is 5.83. The van der Waals surface area contributed by atoms with Crippen molar-refractivity contribution in [3.8, 4) is 5.75 Å². The number of hydrogen-bond donors (Lipinski definition) is 0. The van der Waals surface area contributed by atoms with E-state index < -0.39 is 0 Å². The fraction of sp³-hybridized carbons (Fsp3) is 0.348. The van der Waals surface area contributed by atoms with Crippen molar-refractivity contribution in [2.45, 2.75) is 6.42 Å². The van der Waals surface area contributed by atoms with Crippen LogP contribution in [0.4, 0.5) is 5.69 Å². The van der Waals surface area contributed by atoms with Crippen LogP contribution < -0.4 is 9.64 Å². The standard InChI is InChI=1S/C23H24BrN3O4/c1-31-18-8-6-16(7-9-18)22(29)25-10-12-26(13-11-25)23(30)17-14-21(28)27(15-17)20-5-3-2-4-19(20)24/h2-9,17H,10-15H2,1H3. The van der Waals surface area contributed by atoms with Gasteiger partial charge >= 0.3 is 0 Å². The molecule has 3 amide bonds. The summed E-state index contributed by atoms with van der Waals surface area (Å²) in [6.45, 7) is 2.28. The van der Waals surface area contributed by atoms with E-state index in [1.807, 2.05) is 24.3 Å². The fourth-order valence-electron chi connectivity index (χ4n) is 4.08. The normalized spacial score (nSPS) is 19.0. The van der Waals surface area contributed by atoms with Crippen LogP contribution in [0.2, 0.25) is 0 Å². The van der Waals surface area contributed by atoms with Crippen molar-refractivity contribution in [3.05, 3.63) is 58.6 Å². The van der Waals surface area contributed by atoms with Gasteiger partial charge in [0.1, 0.15) is 5.75 Å². The SMILES string of the molecule is COc1ccc(C(=O)N2CCN(C(=O)C3CC(=O)N(c4ccccc4Br)C3)CC2)cc1. The highest BCUT2D eigenvalue weighted by Gasteiger charge is 2.38. The summed E-state index contributed by atoms with van der Waals surface area (Å²) < 4.78 is 5.97. The molecule has 1 unspecified atom stereocenters. The zero-order valence-corrected chi connectivity index (χ0v) is 18.9. The van der Waals surface area contributed by atoms with Crippen molar-refractivity contribution in [2.24, 2.45) is 5.92 Å². The highest BCUT2D eigenvalue weighted by Crippen LogP contribution is 2.32. The molecule has 8 heteroatoms. The molecule has 0 bridgehead atoms. The van der Waals surface area contributed by atoms with Crippen molar-refractivity contribution >= 4 is 39.3 Å². The second-order valence-corrected chi connectivity index (χ2v) is 8.56. The number of methoxy groups -OCH3 is 1. The first-order chi connectivity index (χ1) is 15.0. The third-order valence-corrected chi connectivity index (χ3v) is 6.50. The summed E-state index contributed by atoms with van der Waals surface area (Å²) in [6, 6.07) is 14.6. The van der Waals surface area contributed by atoms with E-state index in [0.29, 0.717) is 44.0 Å². The Bertz CT molecular complexity index is 987. The number of halogens is 1. The van der Waals surface area contributed by atoms with E-state index in [2.05, 4.69) is 15.9 Å². The molecule has 4 rings (SSSR count). The summed E-state index contributed by atoms with van der Waals surface area (Å²) in [4.78, 5) is 43.5. The summed E-state index contributed by atoms with van der Waals surface area (Å²) in [5.41, 5.74) is 1.39. The van der Waals surface area contributed by atoms with E-state index in [9.17, 15) is 14.4 Å².